The van der Waals surface area contributed by atoms with Crippen LogP contribution in [0.25, 0.3) is 0 Å². The lowest BCUT2D eigenvalue weighted by Gasteiger charge is -2.27. The predicted octanol–water partition coefficient (Wildman–Crippen LogP) is 2.82. The van der Waals surface area contributed by atoms with Gasteiger partial charge in [-0.2, -0.15) is 0 Å². The molecule has 3 N–H and O–H groups in total. The molecule has 0 bridgehead atoms. The van der Waals surface area contributed by atoms with Gasteiger partial charge in [0.1, 0.15) is 6.04 Å². The van der Waals surface area contributed by atoms with E-state index in [0.717, 1.165) is 5.56 Å². The molecule has 9 heteroatoms. The van der Waals surface area contributed by atoms with Crippen LogP contribution < -0.4 is 16.0 Å². The summed E-state index contributed by atoms with van der Waals surface area (Å²) >= 11 is 23.0. The van der Waals surface area contributed by atoms with E-state index in [1.54, 1.807) is 25.1 Å². The molecule has 24 heavy (non-hydrogen) atoms. The Morgan fingerprint density at radius 3 is 2.67 bits per heavy atom. The van der Waals surface area contributed by atoms with Crippen LogP contribution in [0.3, 0.4) is 0 Å². The van der Waals surface area contributed by atoms with Crippen molar-refractivity contribution in [1.82, 2.24) is 5.32 Å². The Bertz CT molecular complexity index is 648. The van der Waals surface area contributed by atoms with Crippen LogP contribution in [0.4, 0.5) is 5.69 Å². The van der Waals surface area contributed by atoms with Gasteiger partial charge in [-0.3, -0.25) is 14.5 Å². The zero-order chi connectivity index (χ0) is 18.1. The zero-order valence-electron chi connectivity index (χ0n) is 12.9. The third kappa shape index (κ3) is 4.46. The summed E-state index contributed by atoms with van der Waals surface area (Å²) in [4.78, 5) is 26.6. The van der Waals surface area contributed by atoms with Gasteiger partial charge in [-0.1, -0.05) is 53.3 Å². The third-order valence-electron chi connectivity index (χ3n) is 3.79. The predicted molar refractivity (Wildman–Crippen MR) is 98.0 cm³/mol. The second kappa shape index (κ2) is 7.67. The smallest absolute Gasteiger partial charge is 0.244 e. The Balaban J connectivity index is 2.29. The number of anilines is 1. The number of nitrogens with zero attached hydrogens (tertiary/aromatic N) is 1. The lowest BCUT2D eigenvalue weighted by molar-refractivity contribution is -0.126. The molecule has 1 aromatic rings. The van der Waals surface area contributed by atoms with E-state index in [-0.39, 0.29) is 12.5 Å². The first-order valence-electron chi connectivity index (χ1n) is 7.35. The number of nitrogens with two attached hydrogens (primary N) is 1. The summed E-state index contributed by atoms with van der Waals surface area (Å²) in [5.74, 6) is -0.738. The van der Waals surface area contributed by atoms with Gasteiger partial charge in [-0.25, -0.2) is 0 Å². The van der Waals surface area contributed by atoms with Gasteiger partial charge >= 0.3 is 0 Å². The van der Waals surface area contributed by atoms with Gasteiger partial charge in [0.05, 0.1) is 12.6 Å². The van der Waals surface area contributed by atoms with Crippen LogP contribution in [-0.2, 0) is 16.0 Å². The highest BCUT2D eigenvalue weighted by Crippen LogP contribution is 2.35. The van der Waals surface area contributed by atoms with Crippen molar-refractivity contribution >= 4 is 63.9 Å². The molecule has 0 radical (unpaired) electrons. The number of nitrogens with one attached hydrogen (secondary N) is 1. The fourth-order valence-corrected chi connectivity index (χ4v) is 2.96. The standard InChI is InChI=1S/C15H17Cl4N3O2/c1-2-10(20)14(24)22-11-4-3-9(16)5-8(11)6-12(22)13(23)21-7-15(17,18)19/h3-5,10,12H,2,6-7,20H2,1H3,(H,21,23)/t10-,12-/m0/s1. The van der Waals surface area contributed by atoms with Crippen LogP contribution in [0.15, 0.2) is 18.2 Å². The molecule has 0 spiro atoms. The molecule has 1 aliphatic rings. The fraction of sp³-hybridized carbons (Fsp3) is 0.467. The summed E-state index contributed by atoms with van der Waals surface area (Å²) in [5, 5.41) is 3.08. The van der Waals surface area contributed by atoms with Crippen LogP contribution in [0.5, 0.6) is 0 Å². The van der Waals surface area contributed by atoms with Crippen LogP contribution in [0.2, 0.25) is 5.02 Å². The lowest BCUT2D eigenvalue weighted by Crippen LogP contribution is -2.53. The minimum absolute atomic E-state index is 0.161. The Morgan fingerprint density at radius 2 is 2.08 bits per heavy atom. The van der Waals surface area contributed by atoms with Crippen LogP contribution in [-0.4, -0.2) is 34.2 Å². The van der Waals surface area contributed by atoms with Gasteiger partial charge in [-0.15, -0.1) is 0 Å². The maximum absolute atomic E-state index is 12.6. The Kier molecular flexibility index (Phi) is 6.26. The second-order valence-corrected chi connectivity index (χ2v) is 8.50. The number of alkyl halides is 3. The summed E-state index contributed by atoms with van der Waals surface area (Å²) in [6.45, 7) is 1.64. The van der Waals surface area contributed by atoms with Crippen LogP contribution in [0, 0.1) is 0 Å². The van der Waals surface area contributed by atoms with Crippen molar-refractivity contribution in [2.45, 2.75) is 35.6 Å². The largest absolute Gasteiger partial charge is 0.350 e. The molecule has 0 unspecified atom stereocenters. The SMILES string of the molecule is CC[C@H](N)C(=O)N1c2ccc(Cl)cc2C[C@H]1C(=O)NCC(Cl)(Cl)Cl. The Hall–Kier alpha value is -0.720. The van der Waals surface area contributed by atoms with E-state index < -0.39 is 21.8 Å². The quantitative estimate of drug-likeness (QED) is 0.746. The summed E-state index contributed by atoms with van der Waals surface area (Å²) in [5.41, 5.74) is 7.30. The number of rotatable bonds is 4. The fourth-order valence-electron chi connectivity index (χ4n) is 2.56. The highest BCUT2D eigenvalue weighted by Gasteiger charge is 2.40. The topological polar surface area (TPSA) is 75.4 Å². The second-order valence-electron chi connectivity index (χ2n) is 5.55. The third-order valence-corrected chi connectivity index (χ3v) is 4.42. The number of amides is 2. The van der Waals surface area contributed by atoms with Crippen molar-refractivity contribution in [2.24, 2.45) is 5.73 Å². The molecule has 0 aromatic heterocycles. The number of fused-ring (bicyclic) bond motifs is 1. The first kappa shape index (κ1) is 19.6. The summed E-state index contributed by atoms with van der Waals surface area (Å²) in [7, 11) is 0. The van der Waals surface area contributed by atoms with E-state index in [1.807, 2.05) is 0 Å². The maximum Gasteiger partial charge on any atom is 0.244 e. The molecule has 1 aromatic carbocycles. The van der Waals surface area contributed by atoms with E-state index in [4.69, 9.17) is 52.1 Å². The summed E-state index contributed by atoms with van der Waals surface area (Å²) in [6, 6.07) is 3.66. The monoisotopic (exact) mass is 411 g/mol. The zero-order valence-corrected chi connectivity index (χ0v) is 15.9. The minimum atomic E-state index is -1.61. The molecule has 0 saturated carbocycles. The summed E-state index contributed by atoms with van der Waals surface area (Å²) < 4.78 is -1.61. The van der Waals surface area contributed by atoms with Crippen molar-refractivity contribution in [2.75, 3.05) is 11.4 Å². The normalized spacial score (nSPS) is 18.2. The van der Waals surface area contributed by atoms with Crippen molar-refractivity contribution in [3.8, 4) is 0 Å². The molecular formula is C15H17Cl4N3O2. The van der Waals surface area contributed by atoms with Crippen LogP contribution >= 0.6 is 46.4 Å². The maximum atomic E-state index is 12.6. The number of hydrogen-bond acceptors (Lipinski definition) is 3. The highest BCUT2D eigenvalue weighted by atomic mass is 35.6. The number of halogens is 4. The van der Waals surface area contributed by atoms with E-state index in [1.165, 1.54) is 4.90 Å². The summed E-state index contributed by atoms with van der Waals surface area (Å²) in [6.07, 6.45) is 0.782. The Morgan fingerprint density at radius 1 is 1.42 bits per heavy atom. The van der Waals surface area contributed by atoms with Crippen molar-refractivity contribution in [1.29, 1.82) is 0 Å². The van der Waals surface area contributed by atoms with Gasteiger partial charge in [0.2, 0.25) is 15.6 Å². The van der Waals surface area contributed by atoms with Crippen LogP contribution in [0.1, 0.15) is 18.9 Å². The average molecular weight is 413 g/mol. The van der Waals surface area contributed by atoms with Gasteiger partial charge in [-0.05, 0) is 30.2 Å². The van der Waals surface area contributed by atoms with Crippen molar-refractivity contribution in [3.63, 3.8) is 0 Å². The molecule has 2 atom stereocenters. The number of carbonyl (C=O) groups is 2. The molecule has 5 nitrogen and oxygen atoms in total. The van der Waals surface area contributed by atoms with E-state index >= 15 is 0 Å². The van der Waals surface area contributed by atoms with E-state index in [2.05, 4.69) is 5.32 Å². The Labute approximate surface area is 160 Å². The first-order valence-corrected chi connectivity index (χ1v) is 8.86. The number of carbonyl (C=O) groups excluding carboxylic acids is 2. The average Bonchev–Trinajstić information content (AvgIpc) is 2.88. The first-order chi connectivity index (χ1) is 11.1. The molecule has 0 aliphatic carbocycles. The molecule has 2 amide bonds. The molecule has 2 rings (SSSR count). The van der Waals surface area contributed by atoms with Gasteiger partial charge < -0.3 is 11.1 Å². The van der Waals surface area contributed by atoms with Gasteiger partial charge in [0.15, 0.2) is 0 Å². The molecular weight excluding hydrogens is 396 g/mol. The molecule has 132 valence electrons. The molecule has 1 heterocycles. The van der Waals surface area contributed by atoms with E-state index in [9.17, 15) is 9.59 Å². The van der Waals surface area contributed by atoms with Gasteiger partial charge in [0, 0.05) is 17.1 Å². The van der Waals surface area contributed by atoms with E-state index in [0.29, 0.717) is 23.6 Å². The van der Waals surface area contributed by atoms with Crippen molar-refractivity contribution < 1.29 is 9.59 Å². The van der Waals surface area contributed by atoms with Crippen molar-refractivity contribution in [3.05, 3.63) is 28.8 Å². The molecule has 0 saturated heterocycles. The minimum Gasteiger partial charge on any atom is -0.350 e. The number of benzene rings is 1. The molecule has 0 fully saturated rings. The highest BCUT2D eigenvalue weighted by molar-refractivity contribution is 6.67. The van der Waals surface area contributed by atoms with Gasteiger partial charge in [0.25, 0.3) is 0 Å². The molecule has 1 aliphatic heterocycles. The number of hydrogen-bond donors (Lipinski definition) is 2. The lowest BCUT2D eigenvalue weighted by atomic mass is 10.1.